The highest BCUT2D eigenvalue weighted by Crippen LogP contribution is 2.16. The molecular formula is C17H17ClN4OS. The highest BCUT2D eigenvalue weighted by atomic mass is 35.5. The smallest absolute Gasteiger partial charge is 0.214 e. The number of aryl methyl sites for hydroxylation is 1. The first-order chi connectivity index (χ1) is 11.6. The van der Waals surface area contributed by atoms with Gasteiger partial charge in [-0.2, -0.15) is 5.10 Å². The van der Waals surface area contributed by atoms with Crippen LogP contribution in [-0.2, 0) is 13.2 Å². The van der Waals surface area contributed by atoms with Gasteiger partial charge in [0.25, 0.3) is 0 Å². The summed E-state index contributed by atoms with van der Waals surface area (Å²) in [6, 6.07) is 15.6. The van der Waals surface area contributed by atoms with Gasteiger partial charge in [-0.05, 0) is 54.5 Å². The zero-order chi connectivity index (χ0) is 16.9. The SMILES string of the molecule is Cc1n[nH]c(=S)n1NCc1ccc(OCc2ccc(Cl)cc2)cc1. The van der Waals surface area contributed by atoms with E-state index in [0.29, 0.717) is 17.9 Å². The molecule has 0 aliphatic heterocycles. The summed E-state index contributed by atoms with van der Waals surface area (Å²) in [5.74, 6) is 1.62. The van der Waals surface area contributed by atoms with Gasteiger partial charge in [0.1, 0.15) is 18.2 Å². The maximum Gasteiger partial charge on any atom is 0.214 e. The van der Waals surface area contributed by atoms with Crippen molar-refractivity contribution in [3.8, 4) is 5.75 Å². The Kier molecular flexibility index (Phi) is 5.17. The molecule has 1 heterocycles. The second-order valence-corrected chi connectivity index (χ2v) is 6.13. The van der Waals surface area contributed by atoms with Crippen molar-refractivity contribution in [3.63, 3.8) is 0 Å². The number of nitrogens with zero attached hydrogens (tertiary/aromatic N) is 2. The minimum atomic E-state index is 0.512. The second kappa shape index (κ2) is 7.51. The second-order valence-electron chi connectivity index (χ2n) is 5.31. The normalized spacial score (nSPS) is 10.6. The van der Waals surface area contributed by atoms with Crippen molar-refractivity contribution >= 4 is 23.8 Å². The molecular weight excluding hydrogens is 344 g/mol. The monoisotopic (exact) mass is 360 g/mol. The third kappa shape index (κ3) is 4.15. The first kappa shape index (κ1) is 16.5. The summed E-state index contributed by atoms with van der Waals surface area (Å²) < 4.78 is 8.08. The Hall–Kier alpha value is -2.31. The van der Waals surface area contributed by atoms with E-state index < -0.39 is 0 Å². The van der Waals surface area contributed by atoms with Gasteiger partial charge in [-0.15, -0.1) is 0 Å². The van der Waals surface area contributed by atoms with Gasteiger partial charge in [0, 0.05) is 5.02 Å². The fraction of sp³-hybridized carbons (Fsp3) is 0.176. The van der Waals surface area contributed by atoms with Crippen LogP contribution in [0.3, 0.4) is 0 Å². The Morgan fingerprint density at radius 2 is 1.79 bits per heavy atom. The number of halogens is 1. The molecule has 0 bridgehead atoms. The van der Waals surface area contributed by atoms with E-state index in [1.54, 1.807) is 4.68 Å². The lowest BCUT2D eigenvalue weighted by molar-refractivity contribution is 0.306. The lowest BCUT2D eigenvalue weighted by Crippen LogP contribution is -2.15. The van der Waals surface area contributed by atoms with Crippen LogP contribution in [0.5, 0.6) is 5.75 Å². The summed E-state index contributed by atoms with van der Waals surface area (Å²) in [6.07, 6.45) is 0. The predicted octanol–water partition coefficient (Wildman–Crippen LogP) is 4.23. The van der Waals surface area contributed by atoms with Crippen LogP contribution < -0.4 is 10.2 Å². The molecule has 3 aromatic rings. The van der Waals surface area contributed by atoms with E-state index in [9.17, 15) is 0 Å². The Bertz CT molecular complexity index is 856. The van der Waals surface area contributed by atoms with Crippen molar-refractivity contribution in [1.82, 2.24) is 14.9 Å². The van der Waals surface area contributed by atoms with Gasteiger partial charge in [-0.3, -0.25) is 5.10 Å². The van der Waals surface area contributed by atoms with Crippen LogP contribution in [0.2, 0.25) is 5.02 Å². The summed E-state index contributed by atoms with van der Waals surface area (Å²) in [5.41, 5.74) is 5.43. The van der Waals surface area contributed by atoms with Crippen LogP contribution >= 0.6 is 23.8 Å². The number of benzene rings is 2. The summed E-state index contributed by atoms with van der Waals surface area (Å²) >= 11 is 11.0. The number of hydrogen-bond acceptors (Lipinski definition) is 4. The van der Waals surface area contributed by atoms with E-state index in [1.165, 1.54) is 0 Å². The van der Waals surface area contributed by atoms with Crippen LogP contribution in [-0.4, -0.2) is 14.9 Å². The standard InChI is InChI=1S/C17H17ClN4OS/c1-12-20-21-17(24)22(12)19-10-13-4-8-16(9-5-13)23-11-14-2-6-15(18)7-3-14/h2-9,19H,10-11H2,1H3,(H,21,24). The predicted molar refractivity (Wildman–Crippen MR) is 97.4 cm³/mol. The molecule has 0 unspecified atom stereocenters. The molecule has 2 aromatic carbocycles. The number of aromatic nitrogens is 3. The minimum Gasteiger partial charge on any atom is -0.489 e. The minimum absolute atomic E-state index is 0.512. The van der Waals surface area contributed by atoms with E-state index >= 15 is 0 Å². The van der Waals surface area contributed by atoms with Crippen molar-refractivity contribution < 1.29 is 4.74 Å². The number of ether oxygens (including phenoxy) is 1. The molecule has 0 aliphatic carbocycles. The van der Waals surface area contributed by atoms with Crippen molar-refractivity contribution in [2.24, 2.45) is 0 Å². The third-order valence-corrected chi connectivity index (χ3v) is 4.05. The number of H-pyrrole nitrogens is 1. The quantitative estimate of drug-likeness (QED) is 0.646. The largest absolute Gasteiger partial charge is 0.489 e. The maximum atomic E-state index is 5.87. The average molecular weight is 361 g/mol. The molecule has 124 valence electrons. The van der Waals surface area contributed by atoms with Crippen molar-refractivity contribution in [3.05, 3.63) is 75.3 Å². The van der Waals surface area contributed by atoms with Crippen LogP contribution in [0.4, 0.5) is 0 Å². The lowest BCUT2D eigenvalue weighted by Gasteiger charge is -2.10. The molecule has 0 amide bonds. The fourth-order valence-electron chi connectivity index (χ4n) is 2.18. The van der Waals surface area contributed by atoms with Crippen molar-refractivity contribution in [1.29, 1.82) is 0 Å². The molecule has 0 aliphatic rings. The van der Waals surface area contributed by atoms with E-state index in [-0.39, 0.29) is 0 Å². The Morgan fingerprint density at radius 3 is 2.42 bits per heavy atom. The maximum absolute atomic E-state index is 5.87. The highest BCUT2D eigenvalue weighted by molar-refractivity contribution is 7.71. The van der Waals surface area contributed by atoms with E-state index in [1.807, 2.05) is 55.5 Å². The average Bonchev–Trinajstić information content (AvgIpc) is 2.92. The molecule has 5 nitrogen and oxygen atoms in total. The first-order valence-corrected chi connectivity index (χ1v) is 8.24. The number of nitrogens with one attached hydrogen (secondary N) is 2. The molecule has 1 aromatic heterocycles. The molecule has 2 N–H and O–H groups in total. The summed E-state index contributed by atoms with van der Waals surface area (Å²) in [5, 5.41) is 7.52. The topological polar surface area (TPSA) is 54.9 Å². The molecule has 0 atom stereocenters. The summed E-state index contributed by atoms with van der Waals surface area (Å²) in [6.45, 7) is 3.04. The zero-order valence-electron chi connectivity index (χ0n) is 13.1. The molecule has 3 rings (SSSR count). The van der Waals surface area contributed by atoms with Crippen LogP contribution in [0.15, 0.2) is 48.5 Å². The fourth-order valence-corrected chi connectivity index (χ4v) is 2.55. The van der Waals surface area contributed by atoms with Crippen LogP contribution in [0.1, 0.15) is 17.0 Å². The van der Waals surface area contributed by atoms with Crippen molar-refractivity contribution in [2.45, 2.75) is 20.1 Å². The van der Waals surface area contributed by atoms with Gasteiger partial charge in [-0.25, -0.2) is 4.68 Å². The Morgan fingerprint density at radius 1 is 1.12 bits per heavy atom. The van der Waals surface area contributed by atoms with Gasteiger partial charge in [0.2, 0.25) is 4.77 Å². The molecule has 24 heavy (non-hydrogen) atoms. The van der Waals surface area contributed by atoms with E-state index in [0.717, 1.165) is 27.7 Å². The van der Waals surface area contributed by atoms with Crippen LogP contribution in [0.25, 0.3) is 0 Å². The van der Waals surface area contributed by atoms with E-state index in [4.69, 9.17) is 28.6 Å². The van der Waals surface area contributed by atoms with Gasteiger partial charge in [-0.1, -0.05) is 35.9 Å². The van der Waals surface area contributed by atoms with Gasteiger partial charge < -0.3 is 10.2 Å². The molecule has 0 saturated heterocycles. The number of aromatic amines is 1. The van der Waals surface area contributed by atoms with Gasteiger partial charge >= 0.3 is 0 Å². The third-order valence-electron chi connectivity index (χ3n) is 3.52. The Balaban J connectivity index is 1.55. The lowest BCUT2D eigenvalue weighted by atomic mass is 10.2. The van der Waals surface area contributed by atoms with Gasteiger partial charge in [0.15, 0.2) is 0 Å². The van der Waals surface area contributed by atoms with E-state index in [2.05, 4.69) is 15.6 Å². The number of rotatable bonds is 6. The molecule has 7 heteroatoms. The summed E-state index contributed by atoms with van der Waals surface area (Å²) in [4.78, 5) is 0. The van der Waals surface area contributed by atoms with Crippen molar-refractivity contribution in [2.75, 3.05) is 5.43 Å². The zero-order valence-corrected chi connectivity index (χ0v) is 14.7. The highest BCUT2D eigenvalue weighted by Gasteiger charge is 2.01. The Labute approximate surface area is 150 Å². The number of hydrogen-bond donors (Lipinski definition) is 2. The summed E-state index contributed by atoms with van der Waals surface area (Å²) in [7, 11) is 0. The van der Waals surface area contributed by atoms with Crippen LogP contribution in [0, 0.1) is 11.7 Å². The molecule has 0 saturated carbocycles. The van der Waals surface area contributed by atoms with Gasteiger partial charge in [0.05, 0.1) is 6.54 Å². The first-order valence-electron chi connectivity index (χ1n) is 7.46. The molecule has 0 spiro atoms. The molecule has 0 fully saturated rings. The molecule has 0 radical (unpaired) electrons.